The highest BCUT2D eigenvalue weighted by atomic mass is 32.2. The maximum Gasteiger partial charge on any atom is 0.306 e. The third-order valence-corrected chi connectivity index (χ3v) is 3.42. The van der Waals surface area contributed by atoms with E-state index in [4.69, 9.17) is 4.74 Å². The van der Waals surface area contributed by atoms with Crippen molar-refractivity contribution in [1.82, 2.24) is 4.72 Å². The molecule has 0 aromatic heterocycles. The van der Waals surface area contributed by atoms with Crippen LogP contribution < -0.4 is 4.72 Å². The fraction of sp³-hybridized carbons (Fsp3) is 0.385. The van der Waals surface area contributed by atoms with Crippen LogP contribution in [0, 0.1) is 6.92 Å². The lowest BCUT2D eigenvalue weighted by Crippen LogP contribution is -2.26. The molecule has 0 bridgehead atoms. The topological polar surface area (TPSA) is 72.5 Å². The number of hydrogen-bond donors (Lipinski definition) is 1. The van der Waals surface area contributed by atoms with Crippen molar-refractivity contribution in [2.45, 2.75) is 31.6 Å². The zero-order valence-electron chi connectivity index (χ0n) is 11.0. The molecule has 1 atom stereocenters. The highest BCUT2D eigenvalue weighted by molar-refractivity contribution is 7.83. The van der Waals surface area contributed by atoms with Crippen LogP contribution in [-0.2, 0) is 25.3 Å². The van der Waals surface area contributed by atoms with Crippen LogP contribution in [0.4, 0.5) is 0 Å². The molecule has 5 nitrogen and oxygen atoms in total. The van der Waals surface area contributed by atoms with Gasteiger partial charge in [0.05, 0.1) is 17.9 Å². The Labute approximate surface area is 114 Å². The third-order valence-electron chi connectivity index (χ3n) is 2.30. The van der Waals surface area contributed by atoms with Gasteiger partial charge >= 0.3 is 5.97 Å². The van der Waals surface area contributed by atoms with Gasteiger partial charge in [0, 0.05) is 6.42 Å². The molecule has 1 N–H and O–H groups in total. The van der Waals surface area contributed by atoms with Crippen LogP contribution in [-0.4, -0.2) is 22.7 Å². The first-order valence-electron chi connectivity index (χ1n) is 5.96. The Morgan fingerprint density at radius 3 is 2.42 bits per heavy atom. The number of aryl methyl sites for hydroxylation is 1. The Morgan fingerprint density at radius 1 is 1.21 bits per heavy atom. The van der Waals surface area contributed by atoms with Gasteiger partial charge < -0.3 is 4.74 Å². The van der Waals surface area contributed by atoms with E-state index in [-0.39, 0.29) is 19.4 Å². The van der Waals surface area contributed by atoms with Crippen molar-refractivity contribution in [3.63, 3.8) is 0 Å². The Morgan fingerprint density at radius 2 is 1.84 bits per heavy atom. The number of ether oxygens (including phenoxy) is 1. The van der Waals surface area contributed by atoms with E-state index in [1.165, 1.54) is 0 Å². The number of hydrogen-bond acceptors (Lipinski definition) is 4. The predicted molar refractivity (Wildman–Crippen MR) is 71.6 cm³/mol. The van der Waals surface area contributed by atoms with E-state index < -0.39 is 22.9 Å². The van der Waals surface area contributed by atoms with E-state index in [2.05, 4.69) is 4.72 Å². The molecule has 19 heavy (non-hydrogen) atoms. The summed E-state index contributed by atoms with van der Waals surface area (Å²) in [7, 11) is -1.59. The van der Waals surface area contributed by atoms with Crippen molar-refractivity contribution in [3.05, 3.63) is 29.8 Å². The minimum Gasteiger partial charge on any atom is -0.466 e. The first-order chi connectivity index (χ1) is 9.02. The van der Waals surface area contributed by atoms with Crippen LogP contribution in [0.1, 0.15) is 25.3 Å². The minimum atomic E-state index is -1.59. The number of carbonyl (C=O) groups is 2. The summed E-state index contributed by atoms with van der Waals surface area (Å²) < 4.78 is 18.8. The molecular weight excluding hydrogens is 266 g/mol. The highest BCUT2D eigenvalue weighted by Gasteiger charge is 2.11. The average molecular weight is 283 g/mol. The lowest BCUT2D eigenvalue weighted by atomic mass is 10.2. The lowest BCUT2D eigenvalue weighted by molar-refractivity contribution is -0.144. The predicted octanol–water partition coefficient (Wildman–Crippen LogP) is 1.48. The summed E-state index contributed by atoms with van der Waals surface area (Å²) in [5.41, 5.74) is 1.05. The number of benzene rings is 1. The summed E-state index contributed by atoms with van der Waals surface area (Å²) in [6, 6.07) is 7.02. The van der Waals surface area contributed by atoms with Crippen LogP contribution in [0.5, 0.6) is 0 Å². The van der Waals surface area contributed by atoms with Crippen LogP contribution in [0.15, 0.2) is 29.2 Å². The zero-order chi connectivity index (χ0) is 14.3. The molecular formula is C13H17NO4S. The standard InChI is InChI=1S/C13H17NO4S/c1-3-18-13(16)9-8-12(15)14-19(17)11-6-4-10(2)5-7-11/h4-7H,3,8-9H2,1-2H3,(H,14,15)/t19-/m0/s1. The summed E-state index contributed by atoms with van der Waals surface area (Å²) in [5, 5.41) is 0. The number of nitrogens with one attached hydrogen (secondary N) is 1. The molecule has 0 aliphatic rings. The second-order valence-corrected chi connectivity index (χ2v) is 5.13. The molecule has 0 aliphatic carbocycles. The molecule has 0 heterocycles. The Balaban J connectivity index is 2.42. The molecule has 0 spiro atoms. The van der Waals surface area contributed by atoms with Gasteiger partial charge in [-0.1, -0.05) is 17.7 Å². The molecule has 1 rings (SSSR count). The van der Waals surface area contributed by atoms with Gasteiger partial charge in [0.25, 0.3) is 0 Å². The summed E-state index contributed by atoms with van der Waals surface area (Å²) in [4.78, 5) is 23.1. The Kier molecular flexibility index (Phi) is 6.21. The van der Waals surface area contributed by atoms with E-state index in [1.807, 2.05) is 19.1 Å². The molecule has 6 heteroatoms. The van der Waals surface area contributed by atoms with E-state index in [0.29, 0.717) is 4.90 Å². The quantitative estimate of drug-likeness (QED) is 0.803. The summed E-state index contributed by atoms with van der Waals surface area (Å²) in [6.07, 6.45) is -0.0405. The van der Waals surface area contributed by atoms with Crippen molar-refractivity contribution in [2.24, 2.45) is 0 Å². The Bertz CT molecular complexity index is 470. The van der Waals surface area contributed by atoms with E-state index in [9.17, 15) is 13.8 Å². The number of esters is 1. The summed E-state index contributed by atoms with van der Waals surface area (Å²) in [5.74, 6) is -0.870. The van der Waals surface area contributed by atoms with Gasteiger partial charge in [-0.3, -0.25) is 14.3 Å². The average Bonchev–Trinajstić information content (AvgIpc) is 2.37. The fourth-order valence-electron chi connectivity index (χ4n) is 1.32. The zero-order valence-corrected chi connectivity index (χ0v) is 11.8. The summed E-state index contributed by atoms with van der Waals surface area (Å²) >= 11 is 0. The van der Waals surface area contributed by atoms with Gasteiger partial charge in [0.2, 0.25) is 5.91 Å². The van der Waals surface area contributed by atoms with Gasteiger partial charge in [-0.25, -0.2) is 4.21 Å². The van der Waals surface area contributed by atoms with Crippen LogP contribution in [0.25, 0.3) is 0 Å². The molecule has 0 aliphatic heterocycles. The molecule has 1 aromatic carbocycles. The van der Waals surface area contributed by atoms with Crippen LogP contribution in [0.2, 0.25) is 0 Å². The maximum atomic E-state index is 11.8. The van der Waals surface area contributed by atoms with Gasteiger partial charge in [-0.2, -0.15) is 0 Å². The smallest absolute Gasteiger partial charge is 0.306 e. The van der Waals surface area contributed by atoms with Crippen molar-refractivity contribution in [1.29, 1.82) is 0 Å². The SMILES string of the molecule is CCOC(=O)CCC(=O)N[S@@](=O)c1ccc(C)cc1. The number of carbonyl (C=O) groups excluding carboxylic acids is 2. The highest BCUT2D eigenvalue weighted by Crippen LogP contribution is 2.06. The Hall–Kier alpha value is -1.69. The molecule has 0 radical (unpaired) electrons. The largest absolute Gasteiger partial charge is 0.466 e. The van der Waals surface area contributed by atoms with Gasteiger partial charge in [-0.15, -0.1) is 0 Å². The van der Waals surface area contributed by atoms with E-state index in [0.717, 1.165) is 5.56 Å². The van der Waals surface area contributed by atoms with Crippen molar-refractivity contribution in [2.75, 3.05) is 6.61 Å². The molecule has 0 unspecified atom stereocenters. The van der Waals surface area contributed by atoms with Crippen molar-refractivity contribution in [3.8, 4) is 0 Å². The van der Waals surface area contributed by atoms with Gasteiger partial charge in [-0.05, 0) is 26.0 Å². The summed E-state index contributed by atoms with van der Waals surface area (Å²) in [6.45, 7) is 3.91. The normalized spacial score (nSPS) is 11.7. The molecule has 1 amide bonds. The molecule has 1 aromatic rings. The van der Waals surface area contributed by atoms with Gasteiger partial charge in [0.15, 0.2) is 11.0 Å². The molecule has 0 saturated heterocycles. The first-order valence-corrected chi connectivity index (χ1v) is 7.11. The second-order valence-electron chi connectivity index (χ2n) is 3.91. The van der Waals surface area contributed by atoms with Gasteiger partial charge in [0.1, 0.15) is 0 Å². The fourth-order valence-corrected chi connectivity index (χ4v) is 2.13. The van der Waals surface area contributed by atoms with E-state index >= 15 is 0 Å². The maximum absolute atomic E-state index is 11.8. The van der Waals surface area contributed by atoms with Crippen LogP contribution in [0.3, 0.4) is 0 Å². The second kappa shape index (κ2) is 7.68. The van der Waals surface area contributed by atoms with Crippen molar-refractivity contribution < 1.29 is 18.5 Å². The molecule has 0 saturated carbocycles. The number of amides is 1. The number of rotatable bonds is 6. The first kappa shape index (κ1) is 15.4. The van der Waals surface area contributed by atoms with Crippen LogP contribution >= 0.6 is 0 Å². The monoisotopic (exact) mass is 283 g/mol. The molecule has 0 fully saturated rings. The third kappa shape index (κ3) is 5.65. The molecule has 104 valence electrons. The minimum absolute atomic E-state index is 0.00916. The van der Waals surface area contributed by atoms with E-state index in [1.54, 1.807) is 19.1 Å². The van der Waals surface area contributed by atoms with Crippen molar-refractivity contribution >= 4 is 22.9 Å². The lowest BCUT2D eigenvalue weighted by Gasteiger charge is -2.05.